The lowest BCUT2D eigenvalue weighted by Gasteiger charge is -2.24. The minimum absolute atomic E-state index is 0.641. The van der Waals surface area contributed by atoms with Crippen LogP contribution in [0.2, 0.25) is 0 Å². The van der Waals surface area contributed by atoms with E-state index in [1.54, 1.807) is 18.6 Å². The first-order chi connectivity index (χ1) is 12.3. The van der Waals surface area contributed by atoms with Crippen LogP contribution in [-0.4, -0.2) is 31.5 Å². The van der Waals surface area contributed by atoms with Gasteiger partial charge >= 0.3 is 0 Å². The predicted octanol–water partition coefficient (Wildman–Crippen LogP) is 2.84. The van der Waals surface area contributed by atoms with E-state index in [0.717, 1.165) is 48.8 Å². The highest BCUT2D eigenvalue weighted by molar-refractivity contribution is 5.58. The molecule has 6 heteroatoms. The molecule has 0 spiro atoms. The molecular weight excluding hydrogens is 312 g/mol. The van der Waals surface area contributed by atoms with E-state index < -0.39 is 0 Å². The normalized spacial score (nSPS) is 12.8. The zero-order chi connectivity index (χ0) is 17.1. The number of aromatic nitrogens is 5. The Morgan fingerprint density at radius 1 is 0.960 bits per heavy atom. The molecule has 3 aromatic heterocycles. The molecule has 3 aromatic rings. The fraction of sp³-hybridized carbons (Fsp3) is 0.316. The Kier molecular flexibility index (Phi) is 4.33. The lowest BCUT2D eigenvalue weighted by atomic mass is 10.2. The summed E-state index contributed by atoms with van der Waals surface area (Å²) in [5.41, 5.74) is 3.22. The van der Waals surface area contributed by atoms with Gasteiger partial charge < -0.3 is 4.90 Å². The number of fused-ring (bicyclic) bond motifs is 1. The molecule has 1 aliphatic carbocycles. The molecule has 126 valence electrons. The minimum Gasteiger partial charge on any atom is -0.349 e. The molecule has 25 heavy (non-hydrogen) atoms. The number of aryl methyl sites for hydroxylation is 1. The Balaban J connectivity index is 1.76. The van der Waals surface area contributed by atoms with Gasteiger partial charge in [0.2, 0.25) is 0 Å². The third kappa shape index (κ3) is 3.20. The van der Waals surface area contributed by atoms with Crippen LogP contribution in [0.4, 0.5) is 5.82 Å². The van der Waals surface area contributed by atoms with Gasteiger partial charge in [-0.2, -0.15) is 0 Å². The van der Waals surface area contributed by atoms with E-state index in [9.17, 15) is 0 Å². The van der Waals surface area contributed by atoms with Gasteiger partial charge in [-0.05, 0) is 44.4 Å². The summed E-state index contributed by atoms with van der Waals surface area (Å²) in [6, 6.07) is 7.66. The van der Waals surface area contributed by atoms with Crippen molar-refractivity contribution in [3.05, 3.63) is 59.9 Å². The van der Waals surface area contributed by atoms with Gasteiger partial charge in [0.05, 0.1) is 6.54 Å². The van der Waals surface area contributed by atoms with Gasteiger partial charge in [-0.1, -0.05) is 6.07 Å². The summed E-state index contributed by atoms with van der Waals surface area (Å²) >= 11 is 0. The zero-order valence-electron chi connectivity index (χ0n) is 14.3. The van der Waals surface area contributed by atoms with Gasteiger partial charge in [0.1, 0.15) is 17.3 Å². The van der Waals surface area contributed by atoms with E-state index in [-0.39, 0.29) is 0 Å². The standard InChI is InChI=1S/C19H20N6/c1-2-25(13-17-21-11-6-12-22-17)19-14-7-5-9-15(14)23-18(24-19)16-8-3-4-10-20-16/h3-4,6,8,10-12H,2,5,7,9,13H2,1H3. The van der Waals surface area contributed by atoms with Crippen molar-refractivity contribution in [1.29, 1.82) is 0 Å². The predicted molar refractivity (Wildman–Crippen MR) is 96.0 cm³/mol. The Morgan fingerprint density at radius 2 is 1.80 bits per heavy atom. The van der Waals surface area contributed by atoms with Crippen molar-refractivity contribution >= 4 is 5.82 Å². The molecule has 0 unspecified atom stereocenters. The summed E-state index contributed by atoms with van der Waals surface area (Å²) in [6.07, 6.45) is 8.49. The molecule has 0 bridgehead atoms. The van der Waals surface area contributed by atoms with Crippen LogP contribution in [0.1, 0.15) is 30.4 Å². The van der Waals surface area contributed by atoms with Crippen molar-refractivity contribution in [2.75, 3.05) is 11.4 Å². The highest BCUT2D eigenvalue weighted by Gasteiger charge is 2.23. The molecule has 1 aliphatic rings. The van der Waals surface area contributed by atoms with E-state index in [1.165, 1.54) is 5.56 Å². The van der Waals surface area contributed by atoms with Crippen LogP contribution in [0.25, 0.3) is 11.5 Å². The van der Waals surface area contributed by atoms with Gasteiger partial charge in [-0.25, -0.2) is 19.9 Å². The van der Waals surface area contributed by atoms with Gasteiger partial charge in [-0.3, -0.25) is 4.98 Å². The minimum atomic E-state index is 0.641. The van der Waals surface area contributed by atoms with E-state index in [2.05, 4.69) is 26.8 Å². The van der Waals surface area contributed by atoms with Crippen LogP contribution < -0.4 is 4.90 Å². The molecule has 0 fully saturated rings. The van der Waals surface area contributed by atoms with Crippen molar-refractivity contribution in [2.45, 2.75) is 32.7 Å². The molecule has 0 atom stereocenters. The molecule has 0 aromatic carbocycles. The Bertz CT molecular complexity index is 851. The van der Waals surface area contributed by atoms with E-state index in [0.29, 0.717) is 12.4 Å². The molecule has 0 aliphatic heterocycles. The van der Waals surface area contributed by atoms with Crippen LogP contribution in [0.3, 0.4) is 0 Å². The molecule has 0 radical (unpaired) electrons. The van der Waals surface area contributed by atoms with Crippen LogP contribution in [-0.2, 0) is 19.4 Å². The van der Waals surface area contributed by atoms with Crippen molar-refractivity contribution in [3.8, 4) is 11.5 Å². The van der Waals surface area contributed by atoms with Crippen molar-refractivity contribution in [2.24, 2.45) is 0 Å². The summed E-state index contributed by atoms with van der Waals surface area (Å²) in [5.74, 6) is 2.50. The first-order valence-electron chi connectivity index (χ1n) is 8.67. The average Bonchev–Trinajstić information content (AvgIpc) is 3.16. The summed E-state index contributed by atoms with van der Waals surface area (Å²) in [6.45, 7) is 3.61. The number of pyridine rings is 1. The fourth-order valence-electron chi connectivity index (χ4n) is 3.20. The first kappa shape index (κ1) is 15.6. The van der Waals surface area contributed by atoms with Gasteiger partial charge in [0.15, 0.2) is 5.82 Å². The average molecular weight is 332 g/mol. The second-order valence-electron chi connectivity index (χ2n) is 6.04. The number of rotatable bonds is 5. The lowest BCUT2D eigenvalue weighted by Crippen LogP contribution is -2.26. The highest BCUT2D eigenvalue weighted by atomic mass is 15.2. The molecule has 0 N–H and O–H groups in total. The van der Waals surface area contributed by atoms with Crippen LogP contribution >= 0.6 is 0 Å². The number of hydrogen-bond donors (Lipinski definition) is 0. The number of nitrogens with zero attached hydrogens (tertiary/aromatic N) is 6. The quantitative estimate of drug-likeness (QED) is 0.716. The second kappa shape index (κ2) is 6.93. The molecule has 6 nitrogen and oxygen atoms in total. The topological polar surface area (TPSA) is 67.7 Å². The van der Waals surface area contributed by atoms with E-state index >= 15 is 0 Å². The maximum atomic E-state index is 4.88. The number of hydrogen-bond acceptors (Lipinski definition) is 6. The smallest absolute Gasteiger partial charge is 0.180 e. The third-order valence-corrected chi connectivity index (χ3v) is 4.44. The molecule has 3 heterocycles. The SMILES string of the molecule is CCN(Cc1ncccn1)c1nc(-c2ccccn2)nc2c1CCC2. The lowest BCUT2D eigenvalue weighted by molar-refractivity contribution is 0.758. The number of anilines is 1. The molecule has 0 saturated heterocycles. The molecule has 4 rings (SSSR count). The van der Waals surface area contributed by atoms with Gasteiger partial charge in [0.25, 0.3) is 0 Å². The molecule has 0 saturated carbocycles. The van der Waals surface area contributed by atoms with Crippen LogP contribution in [0, 0.1) is 0 Å². The first-order valence-corrected chi connectivity index (χ1v) is 8.67. The summed E-state index contributed by atoms with van der Waals surface area (Å²) < 4.78 is 0. The van der Waals surface area contributed by atoms with Gasteiger partial charge in [-0.15, -0.1) is 0 Å². The largest absolute Gasteiger partial charge is 0.349 e. The molecule has 0 amide bonds. The van der Waals surface area contributed by atoms with Crippen LogP contribution in [0.15, 0.2) is 42.9 Å². The summed E-state index contributed by atoms with van der Waals surface area (Å²) in [7, 11) is 0. The van der Waals surface area contributed by atoms with E-state index in [4.69, 9.17) is 9.97 Å². The fourth-order valence-corrected chi connectivity index (χ4v) is 3.20. The second-order valence-corrected chi connectivity index (χ2v) is 6.04. The Morgan fingerprint density at radius 3 is 2.56 bits per heavy atom. The Labute approximate surface area is 147 Å². The van der Waals surface area contributed by atoms with E-state index in [1.807, 2.05) is 24.3 Å². The monoisotopic (exact) mass is 332 g/mol. The highest BCUT2D eigenvalue weighted by Crippen LogP contribution is 2.31. The van der Waals surface area contributed by atoms with Crippen molar-refractivity contribution < 1.29 is 0 Å². The van der Waals surface area contributed by atoms with Crippen LogP contribution in [0.5, 0.6) is 0 Å². The van der Waals surface area contributed by atoms with Gasteiger partial charge in [0, 0.05) is 36.4 Å². The van der Waals surface area contributed by atoms with Crippen molar-refractivity contribution in [1.82, 2.24) is 24.9 Å². The summed E-state index contributed by atoms with van der Waals surface area (Å²) in [5, 5.41) is 0. The molecular formula is C19H20N6. The zero-order valence-corrected chi connectivity index (χ0v) is 14.3. The summed E-state index contributed by atoms with van der Waals surface area (Å²) in [4.78, 5) is 25.0. The maximum Gasteiger partial charge on any atom is 0.180 e. The van der Waals surface area contributed by atoms with Crippen molar-refractivity contribution in [3.63, 3.8) is 0 Å². The Hall–Kier alpha value is -2.89. The maximum absolute atomic E-state index is 4.88. The third-order valence-electron chi connectivity index (χ3n) is 4.44.